The Hall–Kier alpha value is -1.26. The van der Waals surface area contributed by atoms with Crippen LogP contribution in [0.15, 0.2) is 24.3 Å². The van der Waals surface area contributed by atoms with E-state index in [1.165, 1.54) is 0 Å². The van der Waals surface area contributed by atoms with Gasteiger partial charge in [-0.3, -0.25) is 0 Å². The van der Waals surface area contributed by atoms with Crippen molar-refractivity contribution in [3.63, 3.8) is 0 Å². The van der Waals surface area contributed by atoms with E-state index in [1.54, 1.807) is 29.2 Å². The maximum atomic E-state index is 12.0. The number of hydrogen-bond acceptors (Lipinski definition) is 2. The summed E-state index contributed by atoms with van der Waals surface area (Å²) < 4.78 is 0. The van der Waals surface area contributed by atoms with Gasteiger partial charge in [0.1, 0.15) is 0 Å². The number of benzene rings is 1. The molecule has 5 heteroatoms. The first-order valence-corrected chi connectivity index (χ1v) is 6.02. The smallest absolute Gasteiger partial charge is 0.322 e. The first-order valence-electron chi connectivity index (χ1n) is 5.65. The first kappa shape index (κ1) is 12.2. The Bertz CT molecular complexity index is 407. The number of aliphatic hydroxyl groups is 1. The molecule has 0 heterocycles. The van der Waals surface area contributed by atoms with Crippen LogP contribution in [0.4, 0.5) is 10.5 Å². The quantitative estimate of drug-likeness (QED) is 0.867. The number of rotatable bonds is 4. The number of amides is 2. The summed E-state index contributed by atoms with van der Waals surface area (Å²) in [5, 5.41) is 12.3. The van der Waals surface area contributed by atoms with Crippen LogP contribution < -0.4 is 5.32 Å². The third-order valence-electron chi connectivity index (χ3n) is 2.67. The number of carbonyl (C=O) groups is 1. The summed E-state index contributed by atoms with van der Waals surface area (Å²) in [4.78, 5) is 13.6. The maximum Gasteiger partial charge on any atom is 0.322 e. The summed E-state index contributed by atoms with van der Waals surface area (Å²) in [5.74, 6) is 0. The lowest BCUT2D eigenvalue weighted by molar-refractivity contribution is 0.185. The van der Waals surface area contributed by atoms with Gasteiger partial charge in [-0.1, -0.05) is 17.7 Å². The van der Waals surface area contributed by atoms with Gasteiger partial charge in [0.25, 0.3) is 0 Å². The van der Waals surface area contributed by atoms with Gasteiger partial charge in [-0.25, -0.2) is 4.79 Å². The topological polar surface area (TPSA) is 52.6 Å². The highest BCUT2D eigenvalue weighted by molar-refractivity contribution is 6.30. The van der Waals surface area contributed by atoms with Gasteiger partial charge in [-0.2, -0.15) is 0 Å². The highest BCUT2D eigenvalue weighted by Crippen LogP contribution is 2.27. The zero-order valence-corrected chi connectivity index (χ0v) is 10.2. The van der Waals surface area contributed by atoms with Gasteiger partial charge in [-0.05, 0) is 31.0 Å². The van der Waals surface area contributed by atoms with Crippen molar-refractivity contribution >= 4 is 23.3 Å². The minimum Gasteiger partial charge on any atom is -0.395 e. The van der Waals surface area contributed by atoms with Crippen molar-refractivity contribution < 1.29 is 9.90 Å². The molecule has 0 aliphatic heterocycles. The molecule has 0 unspecified atom stereocenters. The summed E-state index contributed by atoms with van der Waals surface area (Å²) in [6, 6.07) is 7.12. The van der Waals surface area contributed by atoms with Gasteiger partial charge in [0.2, 0.25) is 0 Å². The van der Waals surface area contributed by atoms with Crippen molar-refractivity contribution in [2.45, 2.75) is 18.9 Å². The van der Waals surface area contributed by atoms with Gasteiger partial charge in [-0.15, -0.1) is 0 Å². The van der Waals surface area contributed by atoms with E-state index < -0.39 is 0 Å². The Labute approximate surface area is 105 Å². The number of halogens is 1. The molecule has 1 fully saturated rings. The summed E-state index contributed by atoms with van der Waals surface area (Å²) in [6.45, 7) is 0.358. The molecule has 1 aromatic rings. The lowest BCUT2D eigenvalue weighted by atomic mass is 10.3. The Balaban J connectivity index is 1.99. The van der Waals surface area contributed by atoms with E-state index >= 15 is 0 Å². The fourth-order valence-corrected chi connectivity index (χ4v) is 1.90. The van der Waals surface area contributed by atoms with Crippen LogP contribution in [0.1, 0.15) is 12.8 Å². The van der Waals surface area contributed by atoms with Crippen LogP contribution in [0.2, 0.25) is 5.02 Å². The fourth-order valence-electron chi connectivity index (χ4n) is 1.71. The Morgan fingerprint density at radius 2 is 2.29 bits per heavy atom. The molecule has 92 valence electrons. The minimum absolute atomic E-state index is 0.0144. The van der Waals surface area contributed by atoms with Gasteiger partial charge >= 0.3 is 6.03 Å². The molecule has 2 N–H and O–H groups in total. The van der Waals surface area contributed by atoms with Crippen molar-refractivity contribution in [1.82, 2.24) is 4.90 Å². The molecule has 2 amide bonds. The van der Waals surface area contributed by atoms with Gasteiger partial charge in [0.05, 0.1) is 6.61 Å². The number of nitrogens with one attached hydrogen (secondary N) is 1. The average Bonchev–Trinajstić information content (AvgIpc) is 3.09. The monoisotopic (exact) mass is 254 g/mol. The van der Waals surface area contributed by atoms with E-state index in [-0.39, 0.29) is 18.7 Å². The molecule has 0 saturated heterocycles. The highest BCUT2D eigenvalue weighted by atomic mass is 35.5. The standard InChI is InChI=1S/C12H15ClN2O2/c13-9-2-1-3-10(8-9)14-12(17)15(6-7-16)11-4-5-11/h1-3,8,11,16H,4-7H2,(H,14,17). The number of carbonyl (C=O) groups excluding carboxylic acids is 1. The summed E-state index contributed by atoms with van der Waals surface area (Å²) in [7, 11) is 0. The Morgan fingerprint density at radius 1 is 1.53 bits per heavy atom. The molecule has 17 heavy (non-hydrogen) atoms. The zero-order chi connectivity index (χ0) is 12.3. The fraction of sp³-hybridized carbons (Fsp3) is 0.417. The van der Waals surface area contributed by atoms with Crippen LogP contribution in [0.3, 0.4) is 0 Å². The van der Waals surface area contributed by atoms with Crippen molar-refractivity contribution in [3.8, 4) is 0 Å². The Kier molecular flexibility index (Phi) is 3.86. The van der Waals surface area contributed by atoms with E-state index in [0.717, 1.165) is 12.8 Å². The van der Waals surface area contributed by atoms with Crippen LogP contribution >= 0.6 is 11.6 Å². The lowest BCUT2D eigenvalue weighted by Gasteiger charge is -2.21. The van der Waals surface area contributed by atoms with E-state index in [9.17, 15) is 4.79 Å². The molecule has 2 rings (SSSR count). The Morgan fingerprint density at radius 3 is 2.88 bits per heavy atom. The molecule has 1 aliphatic rings. The second-order valence-corrected chi connectivity index (χ2v) is 4.53. The largest absolute Gasteiger partial charge is 0.395 e. The first-order chi connectivity index (χ1) is 8.20. The predicted octanol–water partition coefficient (Wildman–Crippen LogP) is 2.33. The van der Waals surface area contributed by atoms with Crippen LogP contribution in [0, 0.1) is 0 Å². The zero-order valence-electron chi connectivity index (χ0n) is 9.40. The third-order valence-corrected chi connectivity index (χ3v) is 2.90. The second kappa shape index (κ2) is 5.38. The van der Waals surface area contributed by atoms with Crippen LogP contribution in [-0.2, 0) is 0 Å². The van der Waals surface area contributed by atoms with Crippen LogP contribution in [-0.4, -0.2) is 35.2 Å². The van der Waals surface area contributed by atoms with Crippen LogP contribution in [0.25, 0.3) is 0 Å². The van der Waals surface area contributed by atoms with Crippen molar-refractivity contribution in [2.75, 3.05) is 18.5 Å². The number of aliphatic hydroxyl groups excluding tert-OH is 1. The van der Waals surface area contributed by atoms with E-state index in [1.807, 2.05) is 0 Å². The van der Waals surface area contributed by atoms with Gasteiger partial charge in [0.15, 0.2) is 0 Å². The number of hydrogen-bond donors (Lipinski definition) is 2. The molecule has 0 aromatic heterocycles. The molecule has 4 nitrogen and oxygen atoms in total. The average molecular weight is 255 g/mol. The van der Waals surface area contributed by atoms with E-state index in [4.69, 9.17) is 16.7 Å². The summed E-state index contributed by atoms with van der Waals surface area (Å²) in [6.07, 6.45) is 2.03. The normalized spacial score (nSPS) is 14.5. The highest BCUT2D eigenvalue weighted by Gasteiger charge is 2.32. The minimum atomic E-state index is -0.177. The van der Waals surface area contributed by atoms with Crippen molar-refractivity contribution in [3.05, 3.63) is 29.3 Å². The molecule has 1 aliphatic carbocycles. The van der Waals surface area contributed by atoms with Crippen LogP contribution in [0.5, 0.6) is 0 Å². The molecule has 1 saturated carbocycles. The second-order valence-electron chi connectivity index (χ2n) is 4.09. The maximum absolute atomic E-state index is 12.0. The predicted molar refractivity (Wildman–Crippen MR) is 67.3 cm³/mol. The van der Waals surface area contributed by atoms with Gasteiger partial charge < -0.3 is 15.3 Å². The van der Waals surface area contributed by atoms with Crippen molar-refractivity contribution in [1.29, 1.82) is 0 Å². The van der Waals surface area contributed by atoms with Gasteiger partial charge in [0, 0.05) is 23.3 Å². The molecule has 0 spiro atoms. The summed E-state index contributed by atoms with van der Waals surface area (Å²) in [5.41, 5.74) is 0.672. The SMILES string of the molecule is O=C(Nc1cccc(Cl)c1)N(CCO)C1CC1. The molecule has 0 radical (unpaired) electrons. The van der Waals surface area contributed by atoms with E-state index in [2.05, 4.69) is 5.32 Å². The van der Waals surface area contributed by atoms with Crippen molar-refractivity contribution in [2.24, 2.45) is 0 Å². The number of urea groups is 1. The molecule has 1 aromatic carbocycles. The molecular weight excluding hydrogens is 240 g/mol. The summed E-state index contributed by atoms with van der Waals surface area (Å²) >= 11 is 5.84. The molecule has 0 atom stereocenters. The number of anilines is 1. The molecular formula is C12H15ClN2O2. The third kappa shape index (κ3) is 3.35. The molecule has 0 bridgehead atoms. The number of nitrogens with zero attached hydrogens (tertiary/aromatic N) is 1. The lowest BCUT2D eigenvalue weighted by Crippen LogP contribution is -2.38. The van der Waals surface area contributed by atoms with E-state index in [0.29, 0.717) is 17.3 Å².